The number of thiazole rings is 1. The minimum Gasteiger partial charge on any atom is -0.436 e. The third-order valence-electron chi connectivity index (χ3n) is 9.81. The van der Waals surface area contributed by atoms with E-state index in [-0.39, 0.29) is 0 Å². The van der Waals surface area contributed by atoms with Crippen molar-refractivity contribution in [2.24, 2.45) is 0 Å². The van der Waals surface area contributed by atoms with Crippen molar-refractivity contribution in [2.75, 3.05) is 0 Å². The Morgan fingerprint density at radius 2 is 0.982 bits per heavy atom. The monoisotopic (exact) mass is 741 g/mol. The molecule has 0 radical (unpaired) electrons. The van der Waals surface area contributed by atoms with Gasteiger partial charge in [0.2, 0.25) is 5.89 Å². The number of benzene rings is 7. The maximum atomic E-state index is 6.22. The zero-order valence-electron chi connectivity index (χ0n) is 29.0. The average molecular weight is 742 g/mol. The highest BCUT2D eigenvalue weighted by atomic mass is 32.1. The van der Waals surface area contributed by atoms with Gasteiger partial charge in [-0.3, -0.25) is 0 Å². The Balaban J connectivity index is 0.975. The molecule has 0 aliphatic carbocycles. The quantitative estimate of drug-likeness (QED) is 0.169. The molecule has 6 nitrogen and oxygen atoms in total. The summed E-state index contributed by atoms with van der Waals surface area (Å²) in [6.45, 7) is 0. The van der Waals surface area contributed by atoms with Crippen molar-refractivity contribution in [3.63, 3.8) is 0 Å². The SMILES string of the molecule is c1ccc(-c2nc(-c3ccccc3)nc(-c3ccc4sc(-c5cccc(-c6cccc7c6sc6c(-c8nc9ccccc9o8)cccc67)c5)nc4c3)n2)cc1. The van der Waals surface area contributed by atoms with E-state index in [1.54, 1.807) is 22.7 Å². The lowest BCUT2D eigenvalue weighted by Gasteiger charge is -2.08. The summed E-state index contributed by atoms with van der Waals surface area (Å²) in [5.74, 6) is 2.53. The fraction of sp³-hybridized carbons (Fsp3) is 0. The molecule has 0 unspecified atom stereocenters. The van der Waals surface area contributed by atoms with Crippen LogP contribution in [0.25, 0.3) is 109 Å². The molecule has 11 rings (SSSR count). The number of thiophene rings is 1. The first-order valence-electron chi connectivity index (χ1n) is 17.9. The third kappa shape index (κ3) is 5.58. The van der Waals surface area contributed by atoms with Gasteiger partial charge in [-0.05, 0) is 53.6 Å². The fourth-order valence-corrected chi connectivity index (χ4v) is 9.43. The van der Waals surface area contributed by atoms with Gasteiger partial charge < -0.3 is 4.42 Å². The van der Waals surface area contributed by atoms with E-state index in [0.29, 0.717) is 23.4 Å². The number of oxazole rings is 1. The molecule has 258 valence electrons. The van der Waals surface area contributed by atoms with Gasteiger partial charge in [-0.1, -0.05) is 121 Å². The van der Waals surface area contributed by atoms with Crippen LogP contribution in [0.15, 0.2) is 168 Å². The average Bonchev–Trinajstić information content (AvgIpc) is 3.99. The molecule has 0 bridgehead atoms. The summed E-state index contributed by atoms with van der Waals surface area (Å²) in [6, 6.07) is 55.9. The van der Waals surface area contributed by atoms with Gasteiger partial charge in [-0.25, -0.2) is 24.9 Å². The first kappa shape index (κ1) is 31.6. The third-order valence-corrected chi connectivity index (χ3v) is 12.2. The van der Waals surface area contributed by atoms with Crippen LogP contribution >= 0.6 is 22.7 Å². The van der Waals surface area contributed by atoms with Gasteiger partial charge in [0.1, 0.15) is 10.5 Å². The standard InChI is InChI=1S/C47H27N5OS2/c1-3-12-28(13-4-1)43-50-44(29-14-5-2-6-15-29)52-45(51-43)31-24-25-40-38(27-31)49-47(54-40)32-17-9-16-30(26-32)33-18-10-19-34-35-20-11-21-36(42(35)55-41(33)34)46-48-37-22-7-8-23-39(37)53-46/h1-27H. The highest BCUT2D eigenvalue weighted by Crippen LogP contribution is 2.44. The van der Waals surface area contributed by atoms with Gasteiger partial charge >= 0.3 is 0 Å². The number of para-hydroxylation sites is 2. The topological polar surface area (TPSA) is 77.6 Å². The van der Waals surface area contributed by atoms with E-state index in [9.17, 15) is 0 Å². The van der Waals surface area contributed by atoms with Gasteiger partial charge in [0.15, 0.2) is 23.1 Å². The molecule has 0 fully saturated rings. The smallest absolute Gasteiger partial charge is 0.228 e. The summed E-state index contributed by atoms with van der Waals surface area (Å²) >= 11 is 3.48. The summed E-state index contributed by atoms with van der Waals surface area (Å²) in [4.78, 5) is 24.7. The molecule has 4 heterocycles. The van der Waals surface area contributed by atoms with Crippen molar-refractivity contribution in [3.8, 4) is 67.3 Å². The Morgan fingerprint density at radius 1 is 0.382 bits per heavy atom. The van der Waals surface area contributed by atoms with Crippen LogP contribution in [0.4, 0.5) is 0 Å². The van der Waals surface area contributed by atoms with E-state index < -0.39 is 0 Å². The molecular formula is C47H27N5OS2. The maximum Gasteiger partial charge on any atom is 0.228 e. The molecule has 0 N–H and O–H groups in total. The second-order valence-electron chi connectivity index (χ2n) is 13.3. The predicted octanol–water partition coefficient (Wildman–Crippen LogP) is 13.0. The predicted molar refractivity (Wildman–Crippen MR) is 226 cm³/mol. The largest absolute Gasteiger partial charge is 0.436 e. The normalized spacial score (nSPS) is 11.6. The fourth-order valence-electron chi connectivity index (χ4n) is 7.15. The molecule has 7 aromatic carbocycles. The lowest BCUT2D eigenvalue weighted by Crippen LogP contribution is -2.00. The highest BCUT2D eigenvalue weighted by Gasteiger charge is 2.18. The molecular weight excluding hydrogens is 715 g/mol. The van der Waals surface area contributed by atoms with Crippen LogP contribution in [0, 0.1) is 0 Å². The molecule has 11 aromatic rings. The molecule has 0 aliphatic heterocycles. The summed E-state index contributed by atoms with van der Waals surface area (Å²) in [5, 5.41) is 3.38. The molecule has 0 saturated heterocycles. The molecule has 0 spiro atoms. The van der Waals surface area contributed by atoms with Crippen LogP contribution in [0.2, 0.25) is 0 Å². The van der Waals surface area contributed by atoms with Gasteiger partial charge in [-0.15, -0.1) is 22.7 Å². The van der Waals surface area contributed by atoms with E-state index in [1.807, 2.05) is 84.9 Å². The van der Waals surface area contributed by atoms with Crippen molar-refractivity contribution in [1.29, 1.82) is 0 Å². The van der Waals surface area contributed by atoms with Gasteiger partial charge in [-0.2, -0.15) is 0 Å². The molecule has 0 aliphatic rings. The lowest BCUT2D eigenvalue weighted by atomic mass is 10.0. The minimum absolute atomic E-state index is 0.613. The van der Waals surface area contributed by atoms with E-state index in [0.717, 1.165) is 59.7 Å². The Hall–Kier alpha value is -6.87. The minimum atomic E-state index is 0.613. The van der Waals surface area contributed by atoms with Crippen molar-refractivity contribution in [2.45, 2.75) is 0 Å². The van der Waals surface area contributed by atoms with E-state index >= 15 is 0 Å². The van der Waals surface area contributed by atoms with Crippen molar-refractivity contribution >= 4 is 64.2 Å². The van der Waals surface area contributed by atoms with E-state index in [1.165, 1.54) is 25.7 Å². The van der Waals surface area contributed by atoms with Crippen molar-refractivity contribution in [3.05, 3.63) is 164 Å². The molecule has 0 saturated carbocycles. The molecule has 8 heteroatoms. The zero-order valence-corrected chi connectivity index (χ0v) is 30.7. The van der Waals surface area contributed by atoms with Gasteiger partial charge in [0.05, 0.1) is 15.8 Å². The first-order chi connectivity index (χ1) is 27.2. The molecule has 4 aromatic heterocycles. The molecule has 0 amide bonds. The van der Waals surface area contributed by atoms with Crippen LogP contribution in [0.5, 0.6) is 0 Å². The van der Waals surface area contributed by atoms with E-state index in [4.69, 9.17) is 29.3 Å². The number of nitrogens with zero attached hydrogens (tertiary/aromatic N) is 5. The highest BCUT2D eigenvalue weighted by molar-refractivity contribution is 7.27. The summed E-state index contributed by atoms with van der Waals surface area (Å²) in [6.07, 6.45) is 0. The number of aromatic nitrogens is 5. The van der Waals surface area contributed by atoms with Crippen molar-refractivity contribution < 1.29 is 4.42 Å². The number of hydrogen-bond acceptors (Lipinski definition) is 8. The second-order valence-corrected chi connectivity index (χ2v) is 15.3. The van der Waals surface area contributed by atoms with Crippen LogP contribution in [0.3, 0.4) is 0 Å². The Bertz CT molecular complexity index is 3130. The number of hydrogen-bond donors (Lipinski definition) is 0. The summed E-state index contributed by atoms with van der Waals surface area (Å²) in [5.41, 5.74) is 9.74. The van der Waals surface area contributed by atoms with Gasteiger partial charge in [0, 0.05) is 42.4 Å². The number of fused-ring (bicyclic) bond motifs is 5. The summed E-state index contributed by atoms with van der Waals surface area (Å²) < 4.78 is 9.72. The molecule has 0 atom stereocenters. The van der Waals surface area contributed by atoms with Crippen LogP contribution < -0.4 is 0 Å². The number of rotatable bonds is 6. The Kier molecular flexibility index (Phi) is 7.43. The van der Waals surface area contributed by atoms with E-state index in [2.05, 4.69) is 78.9 Å². The van der Waals surface area contributed by atoms with Crippen LogP contribution in [-0.4, -0.2) is 24.9 Å². The Morgan fingerprint density at radius 3 is 1.71 bits per heavy atom. The van der Waals surface area contributed by atoms with Crippen LogP contribution in [-0.2, 0) is 0 Å². The maximum absolute atomic E-state index is 6.22. The second kappa shape index (κ2) is 12.9. The van der Waals surface area contributed by atoms with Crippen molar-refractivity contribution in [1.82, 2.24) is 24.9 Å². The Labute approximate surface area is 323 Å². The zero-order chi connectivity index (χ0) is 36.3. The van der Waals surface area contributed by atoms with Gasteiger partial charge in [0.25, 0.3) is 0 Å². The molecule has 55 heavy (non-hydrogen) atoms. The lowest BCUT2D eigenvalue weighted by molar-refractivity contribution is 0.621. The summed E-state index contributed by atoms with van der Waals surface area (Å²) in [7, 11) is 0. The first-order valence-corrected chi connectivity index (χ1v) is 19.5. The van der Waals surface area contributed by atoms with Crippen LogP contribution in [0.1, 0.15) is 0 Å².